The highest BCUT2D eigenvalue weighted by Gasteiger charge is 1.89. The molecule has 0 aliphatic heterocycles. The van der Waals surface area contributed by atoms with E-state index in [1.165, 1.54) is 70.0 Å². The Balaban J connectivity index is -0.000000357. The summed E-state index contributed by atoms with van der Waals surface area (Å²) < 4.78 is 0. The standard InChI is InChI=1S/C10H23N.C7H8.C6H4Cl2.C4H10.C2H4/c1-3-5-7-8-10-11-9-6-4-2;1-7-5-3-2-4-6-7;7-5-3-1-2-4-6(5)8;1-3-4-2;1-2/h11H,3-10H2,1-2H3;2-6H,1H3;1-4H;3-4H2,1-2H3;1-2H2. The number of halogens is 2. The van der Waals surface area contributed by atoms with Gasteiger partial charge in [-0.15, -0.1) is 13.2 Å². The van der Waals surface area contributed by atoms with Crippen molar-refractivity contribution in [2.45, 2.75) is 86.0 Å². The molecule has 0 saturated heterocycles. The summed E-state index contributed by atoms with van der Waals surface area (Å²) in [6, 6.07) is 17.5. The molecule has 2 aromatic carbocycles. The minimum absolute atomic E-state index is 0.606. The molecule has 0 fully saturated rings. The van der Waals surface area contributed by atoms with Crippen molar-refractivity contribution in [1.82, 2.24) is 5.32 Å². The molecule has 0 heterocycles. The molecule has 0 aliphatic carbocycles. The van der Waals surface area contributed by atoms with E-state index in [2.05, 4.69) is 65.2 Å². The zero-order chi connectivity index (χ0) is 24.9. The molecular formula is C29H49Cl2N. The number of aryl methyl sites for hydroxylation is 1. The van der Waals surface area contributed by atoms with Crippen LogP contribution in [0.15, 0.2) is 67.8 Å². The number of benzene rings is 2. The zero-order valence-corrected chi connectivity index (χ0v) is 22.9. The molecule has 0 amide bonds. The average Bonchev–Trinajstić information content (AvgIpc) is 2.83. The second-order valence-electron chi connectivity index (χ2n) is 7.23. The third kappa shape index (κ3) is 30.9. The van der Waals surface area contributed by atoms with Crippen LogP contribution in [0.2, 0.25) is 10.0 Å². The number of hydrogen-bond donors (Lipinski definition) is 1. The van der Waals surface area contributed by atoms with E-state index in [0.717, 1.165) is 0 Å². The first-order valence-corrected chi connectivity index (χ1v) is 12.9. The molecule has 0 spiro atoms. The molecule has 1 nitrogen and oxygen atoms in total. The number of unbranched alkanes of at least 4 members (excludes halogenated alkanes) is 5. The van der Waals surface area contributed by atoms with Gasteiger partial charge in [-0.05, 0) is 45.0 Å². The van der Waals surface area contributed by atoms with Gasteiger partial charge in [-0.2, -0.15) is 0 Å². The largest absolute Gasteiger partial charge is 0.317 e. The van der Waals surface area contributed by atoms with Crippen molar-refractivity contribution >= 4 is 23.2 Å². The van der Waals surface area contributed by atoms with Gasteiger partial charge >= 0.3 is 0 Å². The second kappa shape index (κ2) is 31.9. The summed E-state index contributed by atoms with van der Waals surface area (Å²) in [6.07, 6.45) is 10.8. The summed E-state index contributed by atoms with van der Waals surface area (Å²) in [6.45, 7) is 19.4. The summed E-state index contributed by atoms with van der Waals surface area (Å²) in [5.74, 6) is 0. The summed E-state index contributed by atoms with van der Waals surface area (Å²) in [5, 5.41) is 4.66. The van der Waals surface area contributed by atoms with Crippen LogP contribution in [0.5, 0.6) is 0 Å². The Morgan fingerprint density at radius 2 is 1.03 bits per heavy atom. The van der Waals surface area contributed by atoms with Gasteiger partial charge in [0.1, 0.15) is 0 Å². The molecule has 3 heteroatoms. The number of nitrogens with one attached hydrogen (secondary N) is 1. The van der Waals surface area contributed by atoms with Gasteiger partial charge in [-0.25, -0.2) is 0 Å². The van der Waals surface area contributed by atoms with Crippen molar-refractivity contribution in [3.63, 3.8) is 0 Å². The van der Waals surface area contributed by atoms with Gasteiger partial charge in [-0.1, -0.05) is 137 Å². The van der Waals surface area contributed by atoms with E-state index in [4.69, 9.17) is 23.2 Å². The lowest BCUT2D eigenvalue weighted by Crippen LogP contribution is -2.16. The molecule has 0 unspecified atom stereocenters. The van der Waals surface area contributed by atoms with Crippen molar-refractivity contribution in [2.24, 2.45) is 0 Å². The second-order valence-corrected chi connectivity index (χ2v) is 8.05. The lowest BCUT2D eigenvalue weighted by atomic mass is 10.2. The van der Waals surface area contributed by atoms with Crippen LogP contribution < -0.4 is 5.32 Å². The quantitative estimate of drug-likeness (QED) is 0.277. The van der Waals surface area contributed by atoms with Crippen molar-refractivity contribution in [3.05, 3.63) is 83.4 Å². The zero-order valence-electron chi connectivity index (χ0n) is 21.4. The molecule has 0 aromatic heterocycles. The predicted molar refractivity (Wildman–Crippen MR) is 151 cm³/mol. The fraction of sp³-hybridized carbons (Fsp3) is 0.517. The first kappa shape index (κ1) is 35.3. The SMILES string of the molecule is C=C.CCCC.CCCCCCNCCCC.Cc1ccccc1.Clc1ccccc1Cl. The summed E-state index contributed by atoms with van der Waals surface area (Å²) >= 11 is 11.2. The highest BCUT2D eigenvalue weighted by atomic mass is 35.5. The smallest absolute Gasteiger partial charge is 0.0592 e. The first-order valence-electron chi connectivity index (χ1n) is 12.2. The molecule has 0 bridgehead atoms. The molecule has 0 radical (unpaired) electrons. The summed E-state index contributed by atoms with van der Waals surface area (Å²) in [4.78, 5) is 0. The maximum absolute atomic E-state index is 5.58. The van der Waals surface area contributed by atoms with E-state index >= 15 is 0 Å². The normalized spacial score (nSPS) is 8.84. The van der Waals surface area contributed by atoms with Gasteiger partial charge in [0.25, 0.3) is 0 Å². The molecule has 1 N–H and O–H groups in total. The van der Waals surface area contributed by atoms with Crippen LogP contribution in [0.25, 0.3) is 0 Å². The molecule has 2 aromatic rings. The van der Waals surface area contributed by atoms with Crippen molar-refractivity contribution in [1.29, 1.82) is 0 Å². The van der Waals surface area contributed by atoms with E-state index in [1.807, 2.05) is 30.3 Å². The summed E-state index contributed by atoms with van der Waals surface area (Å²) in [7, 11) is 0. The Bertz CT molecular complexity index is 541. The van der Waals surface area contributed by atoms with Gasteiger partial charge in [0.2, 0.25) is 0 Å². The van der Waals surface area contributed by atoms with Crippen molar-refractivity contribution in [2.75, 3.05) is 13.1 Å². The number of rotatable bonds is 9. The predicted octanol–water partition coefficient (Wildman–Crippen LogP) is 10.6. The molecule has 0 aliphatic rings. The van der Waals surface area contributed by atoms with Gasteiger partial charge in [0.15, 0.2) is 0 Å². The van der Waals surface area contributed by atoms with Crippen LogP contribution in [-0.2, 0) is 0 Å². The molecule has 2 rings (SSSR count). The van der Waals surface area contributed by atoms with Gasteiger partial charge in [-0.3, -0.25) is 0 Å². The maximum Gasteiger partial charge on any atom is 0.0592 e. The van der Waals surface area contributed by atoms with Gasteiger partial charge in [0.05, 0.1) is 10.0 Å². The minimum atomic E-state index is 0.606. The number of hydrogen-bond acceptors (Lipinski definition) is 1. The first-order chi connectivity index (χ1) is 15.5. The van der Waals surface area contributed by atoms with Crippen LogP contribution in [0, 0.1) is 6.92 Å². The maximum atomic E-state index is 5.58. The lowest BCUT2D eigenvalue weighted by Gasteiger charge is -2.02. The fourth-order valence-corrected chi connectivity index (χ4v) is 2.35. The highest BCUT2D eigenvalue weighted by molar-refractivity contribution is 6.41. The van der Waals surface area contributed by atoms with Crippen LogP contribution in [0.4, 0.5) is 0 Å². The average molecular weight is 483 g/mol. The molecule has 0 saturated carbocycles. The molecular weight excluding hydrogens is 433 g/mol. The van der Waals surface area contributed by atoms with Crippen LogP contribution in [0.1, 0.15) is 84.6 Å². The third-order valence-electron chi connectivity index (χ3n) is 4.18. The van der Waals surface area contributed by atoms with Crippen LogP contribution in [0.3, 0.4) is 0 Å². The van der Waals surface area contributed by atoms with Gasteiger partial charge < -0.3 is 5.32 Å². The highest BCUT2D eigenvalue weighted by Crippen LogP contribution is 2.19. The molecule has 32 heavy (non-hydrogen) atoms. The molecule has 184 valence electrons. The Hall–Kier alpha value is -1.28. The van der Waals surface area contributed by atoms with E-state index in [9.17, 15) is 0 Å². The van der Waals surface area contributed by atoms with E-state index in [1.54, 1.807) is 12.1 Å². The van der Waals surface area contributed by atoms with E-state index < -0.39 is 0 Å². The Kier molecular flexibility index (Phi) is 35.2. The van der Waals surface area contributed by atoms with Crippen LogP contribution >= 0.6 is 23.2 Å². The molecule has 0 atom stereocenters. The monoisotopic (exact) mass is 481 g/mol. The van der Waals surface area contributed by atoms with E-state index in [-0.39, 0.29) is 0 Å². The Morgan fingerprint density at radius 1 is 0.594 bits per heavy atom. The fourth-order valence-electron chi connectivity index (χ4n) is 2.08. The minimum Gasteiger partial charge on any atom is -0.317 e. The Morgan fingerprint density at radius 3 is 1.38 bits per heavy atom. The topological polar surface area (TPSA) is 12.0 Å². The third-order valence-corrected chi connectivity index (χ3v) is 4.93. The van der Waals surface area contributed by atoms with Crippen molar-refractivity contribution in [3.8, 4) is 0 Å². The van der Waals surface area contributed by atoms with E-state index in [0.29, 0.717) is 10.0 Å². The van der Waals surface area contributed by atoms with Crippen LogP contribution in [-0.4, -0.2) is 13.1 Å². The lowest BCUT2D eigenvalue weighted by molar-refractivity contribution is 0.582. The summed E-state index contributed by atoms with van der Waals surface area (Å²) in [5.41, 5.74) is 1.32. The Labute approximate surface area is 210 Å². The van der Waals surface area contributed by atoms with Crippen molar-refractivity contribution < 1.29 is 0 Å². The van der Waals surface area contributed by atoms with Gasteiger partial charge in [0, 0.05) is 0 Å².